The van der Waals surface area contributed by atoms with Crippen molar-refractivity contribution in [2.24, 2.45) is 18.4 Å². The minimum Gasteiger partial charge on any atom is -0.339 e. The number of benzene rings is 1. The third kappa shape index (κ3) is 6.21. The summed E-state index contributed by atoms with van der Waals surface area (Å²) in [6, 6.07) is 11.0. The summed E-state index contributed by atoms with van der Waals surface area (Å²) < 4.78 is 41.8. The van der Waals surface area contributed by atoms with Gasteiger partial charge in [-0.1, -0.05) is 35.6 Å². The lowest BCUT2D eigenvalue weighted by Crippen LogP contribution is -2.47. The number of hydrazine groups is 1. The summed E-state index contributed by atoms with van der Waals surface area (Å²) >= 11 is 0. The summed E-state index contributed by atoms with van der Waals surface area (Å²) in [5, 5.41) is 8.19. The Kier molecular flexibility index (Phi) is 8.51. The highest BCUT2D eigenvalue weighted by Crippen LogP contribution is 2.46. The zero-order valence-electron chi connectivity index (χ0n) is 28.1. The van der Waals surface area contributed by atoms with Crippen LogP contribution in [0.15, 0.2) is 54.9 Å². The average Bonchev–Trinajstić information content (AvgIpc) is 3.92. The standard InChI is InChI=1S/C36H42F3N9O2/c1-45-20-30(42-44-45)25-4-2-23(3-5-25)24-9-14-47(15-10-24)32(49)21-46-16-11-35(22-46)12-17-48(34(35)50)27-6-7-29-28(19-27)33(43-41-29)26-8-13-40-31(18-26)36(37,38)39/h2-5,8-9,13,18,20,27-29,33,41,43H,6-7,10-12,14-17,19,21-22H2,1H3/t27?,28?,29?,33?,35-/m0/s1. The molecule has 2 N–H and O–H groups in total. The summed E-state index contributed by atoms with van der Waals surface area (Å²) in [5.74, 6) is 0.320. The van der Waals surface area contributed by atoms with Gasteiger partial charge in [-0.3, -0.25) is 29.6 Å². The molecule has 1 spiro atoms. The molecule has 11 nitrogen and oxygen atoms in total. The van der Waals surface area contributed by atoms with Gasteiger partial charge in [-0.25, -0.2) is 5.43 Å². The Morgan fingerprint density at radius 3 is 2.58 bits per heavy atom. The zero-order chi connectivity index (χ0) is 34.6. The molecule has 3 saturated heterocycles. The second-order valence-electron chi connectivity index (χ2n) is 14.6. The van der Waals surface area contributed by atoms with E-state index in [0.29, 0.717) is 44.8 Å². The van der Waals surface area contributed by atoms with Gasteiger partial charge in [0, 0.05) is 57.1 Å². The Labute approximate surface area is 288 Å². The van der Waals surface area contributed by atoms with Crippen molar-refractivity contribution in [3.05, 3.63) is 71.7 Å². The number of fused-ring (bicyclic) bond motifs is 1. The molecular formula is C36H42F3N9O2. The third-order valence-corrected chi connectivity index (χ3v) is 11.7. The van der Waals surface area contributed by atoms with E-state index in [-0.39, 0.29) is 35.9 Å². The highest BCUT2D eigenvalue weighted by Gasteiger charge is 2.54. The number of aromatic nitrogens is 4. The van der Waals surface area contributed by atoms with E-state index in [0.717, 1.165) is 61.4 Å². The Balaban J connectivity index is 0.853. The van der Waals surface area contributed by atoms with Crippen molar-refractivity contribution in [2.75, 3.05) is 39.3 Å². The van der Waals surface area contributed by atoms with Gasteiger partial charge in [0.05, 0.1) is 24.2 Å². The van der Waals surface area contributed by atoms with Gasteiger partial charge in [0.2, 0.25) is 11.8 Å². The van der Waals surface area contributed by atoms with Crippen LogP contribution in [0.2, 0.25) is 0 Å². The van der Waals surface area contributed by atoms with Crippen LogP contribution in [-0.2, 0) is 22.8 Å². The van der Waals surface area contributed by atoms with Gasteiger partial charge in [0.25, 0.3) is 0 Å². The molecule has 2 aromatic heterocycles. The van der Waals surface area contributed by atoms with Crippen molar-refractivity contribution >= 4 is 17.4 Å². The maximum absolute atomic E-state index is 14.1. The van der Waals surface area contributed by atoms with E-state index in [2.05, 4.69) is 61.4 Å². The number of carbonyl (C=O) groups is 2. The predicted molar refractivity (Wildman–Crippen MR) is 179 cm³/mol. The molecule has 1 aromatic carbocycles. The fourth-order valence-electron chi connectivity index (χ4n) is 8.89. The SMILES string of the molecule is Cn1cc(-c2ccc(C3=CCN(C(=O)CN4CC[C@]5(CCN(C6CCC7NNC(c8ccnc(C(F)(F)F)c8)C7C6)C5=O)C4)CC3)cc2)nn1. The second kappa shape index (κ2) is 12.9. The van der Waals surface area contributed by atoms with Gasteiger partial charge in [-0.05, 0) is 79.8 Å². The molecule has 50 heavy (non-hydrogen) atoms. The molecule has 2 amide bonds. The minimum atomic E-state index is -4.51. The van der Waals surface area contributed by atoms with Crippen molar-refractivity contribution in [3.8, 4) is 11.3 Å². The van der Waals surface area contributed by atoms with Gasteiger partial charge >= 0.3 is 6.18 Å². The minimum absolute atomic E-state index is 0.0458. The number of likely N-dealkylation sites (tertiary alicyclic amines) is 2. The van der Waals surface area contributed by atoms with Crippen molar-refractivity contribution in [1.29, 1.82) is 0 Å². The molecule has 4 aliphatic heterocycles. The lowest BCUT2D eigenvalue weighted by atomic mass is 9.76. The number of nitrogens with one attached hydrogen (secondary N) is 2. The first-order valence-electron chi connectivity index (χ1n) is 17.6. The lowest BCUT2D eigenvalue weighted by Gasteiger charge is -2.38. The maximum atomic E-state index is 14.1. The third-order valence-electron chi connectivity index (χ3n) is 11.7. The van der Waals surface area contributed by atoms with E-state index in [1.165, 1.54) is 11.8 Å². The summed E-state index contributed by atoms with van der Waals surface area (Å²) in [6.07, 6.45) is 5.46. The number of pyridine rings is 1. The summed E-state index contributed by atoms with van der Waals surface area (Å²) in [7, 11) is 1.85. The first kappa shape index (κ1) is 33.0. The van der Waals surface area contributed by atoms with Crippen molar-refractivity contribution in [3.63, 3.8) is 0 Å². The normalized spacial score (nSPS) is 28.8. The smallest absolute Gasteiger partial charge is 0.339 e. The Bertz CT molecular complexity index is 1790. The number of rotatable bonds is 6. The van der Waals surface area contributed by atoms with E-state index in [1.807, 2.05) is 23.0 Å². The fourth-order valence-corrected chi connectivity index (χ4v) is 8.89. The monoisotopic (exact) mass is 689 g/mol. The molecule has 1 saturated carbocycles. The van der Waals surface area contributed by atoms with Crippen LogP contribution in [0.4, 0.5) is 13.2 Å². The largest absolute Gasteiger partial charge is 0.433 e. The number of aryl methyl sites for hydroxylation is 1. The molecular weight excluding hydrogens is 647 g/mol. The van der Waals surface area contributed by atoms with E-state index in [9.17, 15) is 22.8 Å². The van der Waals surface area contributed by atoms with Crippen molar-refractivity contribution in [2.45, 2.75) is 62.8 Å². The second-order valence-corrected chi connectivity index (χ2v) is 14.6. The number of amides is 2. The summed E-state index contributed by atoms with van der Waals surface area (Å²) in [6.45, 7) is 3.52. The van der Waals surface area contributed by atoms with Gasteiger partial charge in [-0.2, -0.15) is 13.2 Å². The number of nitrogens with zero attached hydrogens (tertiary/aromatic N) is 7. The number of carbonyl (C=O) groups excluding carboxylic acids is 2. The quantitative estimate of drug-likeness (QED) is 0.402. The van der Waals surface area contributed by atoms with Gasteiger partial charge in [0.15, 0.2) is 0 Å². The van der Waals surface area contributed by atoms with Crippen LogP contribution < -0.4 is 10.9 Å². The molecule has 1 aliphatic carbocycles. The fraction of sp³-hybridized carbons (Fsp3) is 0.528. The number of hydrogen-bond donors (Lipinski definition) is 2. The molecule has 14 heteroatoms. The highest BCUT2D eigenvalue weighted by atomic mass is 19.4. The lowest BCUT2D eigenvalue weighted by molar-refractivity contribution is -0.141. The number of hydrogen-bond acceptors (Lipinski definition) is 8. The topological polar surface area (TPSA) is 112 Å². The number of halogens is 3. The van der Waals surface area contributed by atoms with E-state index >= 15 is 0 Å². The van der Waals surface area contributed by atoms with Crippen LogP contribution in [0.5, 0.6) is 0 Å². The van der Waals surface area contributed by atoms with Gasteiger partial charge in [0.1, 0.15) is 11.4 Å². The molecule has 0 radical (unpaired) electrons. The maximum Gasteiger partial charge on any atom is 0.433 e. The van der Waals surface area contributed by atoms with Crippen LogP contribution in [0.3, 0.4) is 0 Å². The van der Waals surface area contributed by atoms with Crippen LogP contribution in [0, 0.1) is 11.3 Å². The molecule has 5 aliphatic rings. The van der Waals surface area contributed by atoms with Gasteiger partial charge in [-0.15, -0.1) is 5.10 Å². The number of alkyl halides is 3. The van der Waals surface area contributed by atoms with Crippen LogP contribution in [-0.4, -0.2) is 97.8 Å². The molecule has 4 fully saturated rings. The average molecular weight is 690 g/mol. The van der Waals surface area contributed by atoms with Gasteiger partial charge < -0.3 is 9.80 Å². The van der Waals surface area contributed by atoms with Crippen molar-refractivity contribution < 1.29 is 22.8 Å². The van der Waals surface area contributed by atoms with Crippen molar-refractivity contribution in [1.82, 2.24) is 45.5 Å². The molecule has 6 heterocycles. The Morgan fingerprint density at radius 1 is 1.04 bits per heavy atom. The Morgan fingerprint density at radius 2 is 1.84 bits per heavy atom. The van der Waals surface area contributed by atoms with E-state index in [1.54, 1.807) is 10.7 Å². The molecule has 8 rings (SSSR count). The first-order valence-corrected chi connectivity index (χ1v) is 17.6. The molecule has 4 unspecified atom stereocenters. The molecule has 264 valence electrons. The van der Waals surface area contributed by atoms with Crippen LogP contribution >= 0.6 is 0 Å². The summed E-state index contributed by atoms with van der Waals surface area (Å²) in [5.41, 5.74) is 9.95. The molecule has 0 bridgehead atoms. The van der Waals surface area contributed by atoms with E-state index < -0.39 is 17.3 Å². The molecule has 3 aromatic rings. The summed E-state index contributed by atoms with van der Waals surface area (Å²) in [4.78, 5) is 37.1. The Hall–Kier alpha value is -4.14. The van der Waals surface area contributed by atoms with Crippen LogP contribution in [0.25, 0.3) is 16.8 Å². The molecule has 5 atom stereocenters. The highest BCUT2D eigenvalue weighted by molar-refractivity contribution is 5.86. The predicted octanol–water partition coefficient (Wildman–Crippen LogP) is 3.82. The zero-order valence-corrected chi connectivity index (χ0v) is 28.1. The first-order chi connectivity index (χ1) is 24.1. The van der Waals surface area contributed by atoms with Crippen LogP contribution in [0.1, 0.15) is 61.4 Å². The van der Waals surface area contributed by atoms with E-state index in [4.69, 9.17) is 0 Å².